The molecule has 0 radical (unpaired) electrons. The van der Waals surface area contributed by atoms with Crippen LogP contribution in [0.25, 0.3) is 11.0 Å². The summed E-state index contributed by atoms with van der Waals surface area (Å²) in [7, 11) is 6.94. The average molecular weight is 474 g/mol. The molecular weight excluding hydrogens is 445 g/mol. The fourth-order valence-corrected chi connectivity index (χ4v) is 3.81. The highest BCUT2D eigenvalue weighted by Gasteiger charge is 2.19. The van der Waals surface area contributed by atoms with Gasteiger partial charge < -0.3 is 23.7 Å². The number of ether oxygens (including phenoxy) is 1. The Kier molecular flexibility index (Phi) is 7.99. The standard InChI is InChI=1S/C24H28FN3O4S/c1-6-33-26-20-9-7-8-15(22(20)25)12-18-19(14-27(2)3)17-11-10-16(31-24(30)28(4)5)13-21(17)32-23(18)29/h7-11,13,26H,6,12,14H2,1-5H3. The Labute approximate surface area is 196 Å². The van der Waals surface area contributed by atoms with E-state index in [2.05, 4.69) is 4.72 Å². The number of rotatable bonds is 8. The fourth-order valence-electron chi connectivity index (χ4n) is 3.35. The maximum atomic E-state index is 15.1. The first kappa shape index (κ1) is 24.6. The molecule has 0 aliphatic carbocycles. The first-order valence-electron chi connectivity index (χ1n) is 10.5. The Morgan fingerprint density at radius 2 is 1.91 bits per heavy atom. The van der Waals surface area contributed by atoms with Gasteiger partial charge in [0.05, 0.1) is 5.69 Å². The smallest absolute Gasteiger partial charge is 0.414 e. The molecule has 33 heavy (non-hydrogen) atoms. The number of nitrogens with one attached hydrogen (secondary N) is 1. The molecule has 0 spiro atoms. The summed E-state index contributed by atoms with van der Waals surface area (Å²) in [6.07, 6.45) is -0.441. The molecule has 0 bridgehead atoms. The first-order valence-corrected chi connectivity index (χ1v) is 11.5. The van der Waals surface area contributed by atoms with E-state index in [1.54, 1.807) is 44.4 Å². The summed E-state index contributed by atoms with van der Waals surface area (Å²) < 4.78 is 29.0. The van der Waals surface area contributed by atoms with Crippen LogP contribution in [0.2, 0.25) is 0 Å². The van der Waals surface area contributed by atoms with Gasteiger partial charge in [0.1, 0.15) is 11.3 Å². The molecule has 3 rings (SSSR count). The second-order valence-corrected chi connectivity index (χ2v) is 9.07. The molecular formula is C24H28FN3O4S. The predicted molar refractivity (Wildman–Crippen MR) is 131 cm³/mol. The highest BCUT2D eigenvalue weighted by molar-refractivity contribution is 8.00. The zero-order chi connectivity index (χ0) is 24.1. The van der Waals surface area contributed by atoms with Gasteiger partial charge in [-0.1, -0.05) is 31.0 Å². The quantitative estimate of drug-likeness (QED) is 0.375. The van der Waals surface area contributed by atoms with Gasteiger partial charge in [0.25, 0.3) is 0 Å². The summed E-state index contributed by atoms with van der Waals surface area (Å²) in [5.41, 5.74) is 1.69. The van der Waals surface area contributed by atoms with E-state index in [-0.39, 0.29) is 18.0 Å². The van der Waals surface area contributed by atoms with Gasteiger partial charge >= 0.3 is 11.7 Å². The van der Waals surface area contributed by atoms with E-state index in [0.29, 0.717) is 34.3 Å². The maximum absolute atomic E-state index is 15.1. The van der Waals surface area contributed by atoms with Crippen LogP contribution < -0.4 is 15.1 Å². The lowest BCUT2D eigenvalue weighted by molar-refractivity contribution is 0.172. The molecule has 1 amide bonds. The monoisotopic (exact) mass is 473 g/mol. The molecule has 176 valence electrons. The number of hydrogen-bond acceptors (Lipinski definition) is 7. The summed E-state index contributed by atoms with van der Waals surface area (Å²) in [5.74, 6) is 0.669. The zero-order valence-corrected chi connectivity index (χ0v) is 20.2. The molecule has 0 fully saturated rings. The van der Waals surface area contributed by atoms with E-state index in [1.165, 1.54) is 22.9 Å². The number of amides is 1. The van der Waals surface area contributed by atoms with E-state index in [0.717, 1.165) is 11.3 Å². The molecule has 9 heteroatoms. The normalized spacial score (nSPS) is 11.1. The topological polar surface area (TPSA) is 75.0 Å². The van der Waals surface area contributed by atoms with E-state index in [9.17, 15) is 9.59 Å². The molecule has 0 unspecified atom stereocenters. The summed E-state index contributed by atoms with van der Waals surface area (Å²) in [6, 6.07) is 10.0. The van der Waals surface area contributed by atoms with Gasteiger partial charge in [-0.2, -0.15) is 0 Å². The van der Waals surface area contributed by atoms with Crippen LogP contribution >= 0.6 is 11.9 Å². The van der Waals surface area contributed by atoms with Gasteiger partial charge in [-0.25, -0.2) is 14.0 Å². The van der Waals surface area contributed by atoms with Crippen molar-refractivity contribution in [1.29, 1.82) is 0 Å². The second kappa shape index (κ2) is 10.7. The lowest BCUT2D eigenvalue weighted by Gasteiger charge is -2.17. The SMILES string of the molecule is CCSNc1cccc(Cc2c(CN(C)C)c3ccc(OC(=O)N(C)C)cc3oc2=O)c1F. The lowest BCUT2D eigenvalue weighted by Crippen LogP contribution is -2.25. The molecule has 1 aromatic heterocycles. The Hall–Kier alpha value is -3.04. The third kappa shape index (κ3) is 5.85. The Morgan fingerprint density at radius 1 is 1.15 bits per heavy atom. The van der Waals surface area contributed by atoms with Crippen LogP contribution in [0.4, 0.5) is 14.9 Å². The molecule has 1 N–H and O–H groups in total. The second-order valence-electron chi connectivity index (χ2n) is 8.00. The number of hydrogen-bond donors (Lipinski definition) is 1. The van der Waals surface area contributed by atoms with Crippen LogP contribution in [-0.2, 0) is 13.0 Å². The number of halogens is 1. The minimum atomic E-state index is -0.545. The summed E-state index contributed by atoms with van der Waals surface area (Å²) >= 11 is 1.40. The molecule has 3 aromatic rings. The third-order valence-electron chi connectivity index (χ3n) is 4.91. The van der Waals surface area contributed by atoms with Crippen molar-refractivity contribution in [3.05, 3.63) is 69.3 Å². The van der Waals surface area contributed by atoms with E-state index in [4.69, 9.17) is 9.15 Å². The highest BCUT2D eigenvalue weighted by Crippen LogP contribution is 2.29. The van der Waals surface area contributed by atoms with E-state index in [1.807, 2.05) is 25.9 Å². The van der Waals surface area contributed by atoms with Crippen molar-refractivity contribution in [3.8, 4) is 5.75 Å². The van der Waals surface area contributed by atoms with Crippen molar-refractivity contribution in [1.82, 2.24) is 9.80 Å². The molecule has 0 aliphatic heterocycles. The van der Waals surface area contributed by atoms with Crippen molar-refractivity contribution >= 4 is 34.7 Å². The zero-order valence-electron chi connectivity index (χ0n) is 19.4. The van der Waals surface area contributed by atoms with Crippen molar-refractivity contribution < 1.29 is 18.3 Å². The molecule has 7 nitrogen and oxygen atoms in total. The highest BCUT2D eigenvalue weighted by atomic mass is 32.2. The van der Waals surface area contributed by atoms with Gasteiger partial charge in [0.2, 0.25) is 0 Å². The van der Waals surface area contributed by atoms with Gasteiger partial charge in [-0.15, -0.1) is 0 Å². The molecule has 1 heterocycles. The number of nitrogens with zero attached hydrogens (tertiary/aromatic N) is 2. The van der Waals surface area contributed by atoms with Gasteiger partial charge in [0.15, 0.2) is 5.82 Å². The first-order chi connectivity index (χ1) is 15.7. The van der Waals surface area contributed by atoms with Gasteiger partial charge in [-0.05, 0) is 43.4 Å². The van der Waals surface area contributed by atoms with E-state index >= 15 is 4.39 Å². The number of benzene rings is 2. The minimum absolute atomic E-state index is 0.0942. The Bertz CT molecular complexity index is 1210. The molecule has 0 atom stereocenters. The van der Waals surface area contributed by atoms with Crippen molar-refractivity contribution in [2.24, 2.45) is 0 Å². The van der Waals surface area contributed by atoms with Crippen LogP contribution in [0.3, 0.4) is 0 Å². The minimum Gasteiger partial charge on any atom is -0.422 e. The summed E-state index contributed by atoms with van der Waals surface area (Å²) in [5, 5.41) is 0.708. The van der Waals surface area contributed by atoms with Crippen molar-refractivity contribution in [2.75, 3.05) is 38.7 Å². The summed E-state index contributed by atoms with van der Waals surface area (Å²) in [4.78, 5) is 28.1. The number of carbonyl (C=O) groups excluding carboxylic acids is 1. The lowest BCUT2D eigenvalue weighted by atomic mass is 9.97. The average Bonchev–Trinajstić information content (AvgIpc) is 2.75. The summed E-state index contributed by atoms with van der Waals surface area (Å²) in [6.45, 7) is 2.43. The van der Waals surface area contributed by atoms with Crippen molar-refractivity contribution in [2.45, 2.75) is 19.9 Å². The van der Waals surface area contributed by atoms with Crippen LogP contribution in [0, 0.1) is 5.82 Å². The number of anilines is 1. The van der Waals surface area contributed by atoms with E-state index < -0.39 is 11.7 Å². The molecule has 0 saturated heterocycles. The van der Waals surface area contributed by atoms with Crippen molar-refractivity contribution in [3.63, 3.8) is 0 Å². The molecule has 0 aliphatic rings. The fraction of sp³-hybridized carbons (Fsp3) is 0.333. The van der Waals surface area contributed by atoms with Crippen LogP contribution in [0.15, 0.2) is 45.6 Å². The van der Waals surface area contributed by atoms with Crippen LogP contribution in [-0.4, -0.2) is 49.8 Å². The van der Waals surface area contributed by atoms with Crippen LogP contribution in [0.1, 0.15) is 23.6 Å². The van der Waals surface area contributed by atoms with Crippen LogP contribution in [0.5, 0.6) is 5.75 Å². The molecule has 0 saturated carbocycles. The van der Waals surface area contributed by atoms with Gasteiger partial charge in [0, 0.05) is 49.8 Å². The third-order valence-corrected chi connectivity index (χ3v) is 5.56. The predicted octanol–water partition coefficient (Wildman–Crippen LogP) is 4.72. The van der Waals surface area contributed by atoms with Gasteiger partial charge in [-0.3, -0.25) is 0 Å². The largest absolute Gasteiger partial charge is 0.422 e. The number of carbonyl (C=O) groups is 1. The Balaban J connectivity index is 2.07. The maximum Gasteiger partial charge on any atom is 0.414 e. The number of fused-ring (bicyclic) bond motifs is 1. The molecule has 2 aromatic carbocycles. The Morgan fingerprint density at radius 3 is 2.58 bits per heavy atom.